The van der Waals surface area contributed by atoms with Crippen molar-refractivity contribution in [1.82, 2.24) is 24.5 Å². The summed E-state index contributed by atoms with van der Waals surface area (Å²) < 4.78 is 16.2. The number of carbonyl (C=O) groups is 1. The number of anilines is 2. The Balaban J connectivity index is 1.41. The van der Waals surface area contributed by atoms with E-state index in [1.807, 2.05) is 0 Å². The molecular weight excluding hydrogens is 385 g/mol. The molecular formula is C21H24FN7O. The Kier molecular flexibility index (Phi) is 4.94. The third-order valence-corrected chi connectivity index (χ3v) is 5.74. The summed E-state index contributed by atoms with van der Waals surface area (Å²) in [5, 5.41) is 7.47. The number of rotatable bonds is 3. The molecule has 0 saturated carbocycles. The SMILES string of the molecule is O=C(Nc1ccc(F)c(-c2cn3nc(N4CCCCC4)cnc3n2)c1)N1CCCC1. The maximum atomic E-state index is 14.6. The van der Waals surface area contributed by atoms with Crippen LogP contribution in [0.4, 0.5) is 20.7 Å². The van der Waals surface area contributed by atoms with Crippen LogP contribution in [0.2, 0.25) is 0 Å². The molecule has 2 saturated heterocycles. The molecule has 2 aliphatic rings. The van der Waals surface area contributed by atoms with Gasteiger partial charge in [-0.05, 0) is 50.3 Å². The van der Waals surface area contributed by atoms with Gasteiger partial charge in [-0.2, -0.15) is 0 Å². The van der Waals surface area contributed by atoms with Gasteiger partial charge in [0.15, 0.2) is 5.82 Å². The zero-order valence-corrected chi connectivity index (χ0v) is 16.7. The Bertz CT molecular complexity index is 1070. The molecule has 0 spiro atoms. The zero-order valence-electron chi connectivity index (χ0n) is 16.7. The van der Waals surface area contributed by atoms with Gasteiger partial charge in [-0.1, -0.05) is 0 Å². The molecule has 8 nitrogen and oxygen atoms in total. The Labute approximate surface area is 173 Å². The Hall–Kier alpha value is -3.23. The van der Waals surface area contributed by atoms with Crippen LogP contribution in [0.5, 0.6) is 0 Å². The standard InChI is InChI=1S/C21H24FN7O/c22-17-7-6-15(24-21(30)28-10-4-5-11-28)12-16(17)18-14-29-20(25-18)23-13-19(26-29)27-8-2-1-3-9-27/h6-7,12-14H,1-5,8-11H2,(H,24,30). The van der Waals surface area contributed by atoms with E-state index in [4.69, 9.17) is 0 Å². The molecule has 0 aliphatic carbocycles. The van der Waals surface area contributed by atoms with E-state index in [1.165, 1.54) is 12.5 Å². The number of halogens is 1. The molecule has 2 fully saturated rings. The maximum absolute atomic E-state index is 14.6. The number of benzene rings is 1. The summed E-state index contributed by atoms with van der Waals surface area (Å²) in [5.74, 6) is 0.809. The van der Waals surface area contributed by atoms with Crippen molar-refractivity contribution >= 4 is 23.3 Å². The third-order valence-electron chi connectivity index (χ3n) is 5.74. The molecule has 2 amide bonds. The number of piperidine rings is 1. The van der Waals surface area contributed by atoms with Gasteiger partial charge in [0.1, 0.15) is 5.82 Å². The van der Waals surface area contributed by atoms with E-state index < -0.39 is 5.82 Å². The quantitative estimate of drug-likeness (QED) is 0.716. The largest absolute Gasteiger partial charge is 0.354 e. The molecule has 2 aromatic heterocycles. The molecule has 9 heteroatoms. The summed E-state index contributed by atoms with van der Waals surface area (Å²) in [4.78, 5) is 25.2. The minimum absolute atomic E-state index is 0.158. The van der Waals surface area contributed by atoms with Crippen LogP contribution < -0.4 is 10.2 Å². The average molecular weight is 409 g/mol. The van der Waals surface area contributed by atoms with Crippen LogP contribution in [-0.2, 0) is 0 Å². The number of hydrogen-bond donors (Lipinski definition) is 1. The topological polar surface area (TPSA) is 78.7 Å². The second-order valence-electron chi connectivity index (χ2n) is 7.85. The lowest BCUT2D eigenvalue weighted by Gasteiger charge is -2.26. The molecule has 5 rings (SSSR count). The number of fused-ring (bicyclic) bond motifs is 1. The van der Waals surface area contributed by atoms with E-state index in [0.29, 0.717) is 22.7 Å². The fourth-order valence-corrected chi connectivity index (χ4v) is 4.09. The van der Waals surface area contributed by atoms with Gasteiger partial charge < -0.3 is 15.1 Å². The van der Waals surface area contributed by atoms with Crippen LogP contribution in [0.1, 0.15) is 32.1 Å². The minimum Gasteiger partial charge on any atom is -0.354 e. The van der Waals surface area contributed by atoms with Crippen LogP contribution in [0.25, 0.3) is 17.0 Å². The Morgan fingerprint density at radius 1 is 1.03 bits per heavy atom. The molecule has 30 heavy (non-hydrogen) atoms. The smallest absolute Gasteiger partial charge is 0.321 e. The lowest BCUT2D eigenvalue weighted by atomic mass is 10.1. The van der Waals surface area contributed by atoms with E-state index in [-0.39, 0.29) is 6.03 Å². The Morgan fingerprint density at radius 3 is 2.60 bits per heavy atom. The van der Waals surface area contributed by atoms with E-state index >= 15 is 0 Å². The van der Waals surface area contributed by atoms with E-state index in [2.05, 4.69) is 25.3 Å². The highest BCUT2D eigenvalue weighted by Gasteiger charge is 2.19. The number of aromatic nitrogens is 4. The van der Waals surface area contributed by atoms with E-state index in [9.17, 15) is 9.18 Å². The molecule has 156 valence electrons. The zero-order chi connectivity index (χ0) is 20.5. The summed E-state index contributed by atoms with van der Waals surface area (Å²) in [6, 6.07) is 4.36. The summed E-state index contributed by atoms with van der Waals surface area (Å²) >= 11 is 0. The van der Waals surface area contributed by atoms with Crippen molar-refractivity contribution in [3.63, 3.8) is 0 Å². The number of amides is 2. The predicted octanol–water partition coefficient (Wildman–Crippen LogP) is 3.55. The first-order valence-electron chi connectivity index (χ1n) is 10.5. The summed E-state index contributed by atoms with van der Waals surface area (Å²) in [5.41, 5.74) is 1.27. The summed E-state index contributed by atoms with van der Waals surface area (Å²) in [6.07, 6.45) is 8.98. The van der Waals surface area contributed by atoms with Crippen molar-refractivity contribution in [3.8, 4) is 11.3 Å². The first kappa shape index (κ1) is 18.8. The van der Waals surface area contributed by atoms with Gasteiger partial charge in [0.2, 0.25) is 0 Å². The number of imidazole rings is 1. The molecule has 1 aromatic carbocycles. The van der Waals surface area contributed by atoms with Crippen molar-refractivity contribution in [2.75, 3.05) is 36.4 Å². The predicted molar refractivity (Wildman–Crippen MR) is 112 cm³/mol. The second kappa shape index (κ2) is 7.89. The van der Waals surface area contributed by atoms with Crippen molar-refractivity contribution in [1.29, 1.82) is 0 Å². The third kappa shape index (κ3) is 3.67. The van der Waals surface area contributed by atoms with Gasteiger partial charge in [-0.15, -0.1) is 5.10 Å². The van der Waals surface area contributed by atoms with E-state index in [1.54, 1.807) is 33.9 Å². The molecule has 1 N–H and O–H groups in total. The number of carbonyl (C=O) groups excluding carboxylic acids is 1. The molecule has 2 aliphatic heterocycles. The Morgan fingerprint density at radius 2 is 1.80 bits per heavy atom. The number of nitrogens with one attached hydrogen (secondary N) is 1. The number of hydrogen-bond acceptors (Lipinski definition) is 5. The highest BCUT2D eigenvalue weighted by Crippen LogP contribution is 2.26. The highest BCUT2D eigenvalue weighted by molar-refractivity contribution is 5.90. The fourth-order valence-electron chi connectivity index (χ4n) is 4.09. The second-order valence-corrected chi connectivity index (χ2v) is 7.85. The first-order chi connectivity index (χ1) is 14.7. The molecule has 0 atom stereocenters. The number of likely N-dealkylation sites (tertiary alicyclic amines) is 1. The first-order valence-corrected chi connectivity index (χ1v) is 10.5. The van der Waals surface area contributed by atoms with E-state index in [0.717, 1.165) is 57.7 Å². The molecule has 0 unspecified atom stereocenters. The number of nitrogens with zero attached hydrogens (tertiary/aromatic N) is 6. The van der Waals surface area contributed by atoms with Crippen LogP contribution >= 0.6 is 0 Å². The molecule has 4 heterocycles. The molecule has 0 radical (unpaired) electrons. The molecule has 0 bridgehead atoms. The van der Waals surface area contributed by atoms with Gasteiger partial charge >= 0.3 is 6.03 Å². The van der Waals surface area contributed by atoms with Crippen molar-refractivity contribution in [2.45, 2.75) is 32.1 Å². The van der Waals surface area contributed by atoms with Crippen molar-refractivity contribution in [3.05, 3.63) is 36.4 Å². The average Bonchev–Trinajstić information content (AvgIpc) is 3.45. The van der Waals surface area contributed by atoms with Gasteiger partial charge in [0, 0.05) is 37.4 Å². The van der Waals surface area contributed by atoms with Crippen LogP contribution in [0, 0.1) is 5.82 Å². The van der Waals surface area contributed by atoms with Crippen molar-refractivity contribution in [2.24, 2.45) is 0 Å². The summed E-state index contributed by atoms with van der Waals surface area (Å²) in [6.45, 7) is 3.44. The van der Waals surface area contributed by atoms with Crippen LogP contribution in [0.3, 0.4) is 0 Å². The molecule has 3 aromatic rings. The van der Waals surface area contributed by atoms with Gasteiger partial charge in [-0.25, -0.2) is 23.7 Å². The minimum atomic E-state index is -0.408. The number of urea groups is 1. The highest BCUT2D eigenvalue weighted by atomic mass is 19.1. The monoisotopic (exact) mass is 409 g/mol. The lowest BCUT2D eigenvalue weighted by Crippen LogP contribution is -2.32. The fraction of sp³-hybridized carbons (Fsp3) is 0.429. The van der Waals surface area contributed by atoms with Gasteiger partial charge in [0.25, 0.3) is 5.78 Å². The van der Waals surface area contributed by atoms with Crippen LogP contribution in [0.15, 0.2) is 30.6 Å². The maximum Gasteiger partial charge on any atom is 0.321 e. The summed E-state index contributed by atoms with van der Waals surface area (Å²) in [7, 11) is 0. The van der Waals surface area contributed by atoms with Gasteiger partial charge in [0.05, 0.1) is 18.1 Å². The van der Waals surface area contributed by atoms with Gasteiger partial charge in [-0.3, -0.25) is 0 Å². The lowest BCUT2D eigenvalue weighted by molar-refractivity contribution is 0.222. The van der Waals surface area contributed by atoms with Crippen molar-refractivity contribution < 1.29 is 9.18 Å². The normalized spacial score (nSPS) is 17.0. The van der Waals surface area contributed by atoms with Crippen LogP contribution in [-0.4, -0.2) is 56.7 Å².